The van der Waals surface area contributed by atoms with Crippen LogP contribution in [0.2, 0.25) is 0 Å². The van der Waals surface area contributed by atoms with Crippen molar-refractivity contribution in [2.45, 2.75) is 26.4 Å². The van der Waals surface area contributed by atoms with Gasteiger partial charge in [0.2, 0.25) is 5.89 Å². The van der Waals surface area contributed by atoms with Crippen molar-refractivity contribution in [2.75, 3.05) is 11.9 Å². The Balaban J connectivity index is 1.80. The number of rotatable bonds is 7. The summed E-state index contributed by atoms with van der Waals surface area (Å²) in [4.78, 5) is 0. The highest BCUT2D eigenvalue weighted by Gasteiger charge is 2.05. The second kappa shape index (κ2) is 6.65. The number of aromatic nitrogens is 4. The van der Waals surface area contributed by atoms with Crippen LogP contribution in [0, 0.1) is 0 Å². The first-order valence-corrected chi connectivity index (χ1v) is 5.92. The second-order valence-corrected chi connectivity index (χ2v) is 3.75. The van der Waals surface area contributed by atoms with E-state index in [1.165, 1.54) is 0 Å². The molecule has 2 rings (SSSR count). The Morgan fingerprint density at radius 3 is 2.94 bits per heavy atom. The number of hydrogen-bond acceptors (Lipinski definition) is 7. The van der Waals surface area contributed by atoms with Crippen molar-refractivity contribution >= 4 is 6.01 Å². The Morgan fingerprint density at radius 2 is 2.17 bits per heavy atom. The third-order valence-corrected chi connectivity index (χ3v) is 2.22. The van der Waals surface area contributed by atoms with Crippen LogP contribution in [0.25, 0.3) is 0 Å². The van der Waals surface area contributed by atoms with Gasteiger partial charge in [-0.05, 0) is 25.1 Å². The van der Waals surface area contributed by atoms with Gasteiger partial charge < -0.3 is 15.1 Å². The quantitative estimate of drug-likeness (QED) is 0.706. The predicted molar refractivity (Wildman–Crippen MR) is 65.7 cm³/mol. The molecule has 0 aromatic carbocycles. The van der Waals surface area contributed by atoms with Gasteiger partial charge in [0.05, 0.1) is 18.8 Å². The van der Waals surface area contributed by atoms with Gasteiger partial charge in [0.15, 0.2) is 0 Å². The summed E-state index contributed by atoms with van der Waals surface area (Å²) in [5.74, 6) is 0.574. The lowest BCUT2D eigenvalue weighted by Gasteiger charge is -1.99. The summed E-state index contributed by atoms with van der Waals surface area (Å²) in [6.45, 7) is 4.14. The third kappa shape index (κ3) is 3.77. The molecule has 0 spiro atoms. The van der Waals surface area contributed by atoms with Crippen LogP contribution in [0.4, 0.5) is 6.01 Å². The van der Waals surface area contributed by atoms with Crippen LogP contribution in [0.1, 0.15) is 24.9 Å². The highest BCUT2D eigenvalue weighted by molar-refractivity contribution is 5.19. The standard InChI is InChI=1S/C11H16N6O/c1-2-5-12-8-10-16-17-11(18-10)13-7-9-4-3-6-14-15-9/h3-4,6,12H,2,5,7-8H2,1H3,(H,13,17). The van der Waals surface area contributed by atoms with E-state index in [2.05, 4.69) is 38.0 Å². The largest absolute Gasteiger partial charge is 0.407 e. The van der Waals surface area contributed by atoms with Crippen LogP contribution in [0.3, 0.4) is 0 Å². The summed E-state index contributed by atoms with van der Waals surface area (Å²) in [5.41, 5.74) is 0.821. The molecule has 0 aliphatic carbocycles. The van der Waals surface area contributed by atoms with Crippen molar-refractivity contribution in [3.8, 4) is 0 Å². The van der Waals surface area contributed by atoms with Crippen molar-refractivity contribution in [1.82, 2.24) is 25.7 Å². The normalized spacial score (nSPS) is 10.5. The number of nitrogens with one attached hydrogen (secondary N) is 2. The Bertz CT molecular complexity index is 458. The molecule has 2 aromatic heterocycles. The van der Waals surface area contributed by atoms with E-state index in [9.17, 15) is 0 Å². The molecule has 2 N–H and O–H groups in total. The first-order chi connectivity index (χ1) is 8.88. The second-order valence-electron chi connectivity index (χ2n) is 3.75. The van der Waals surface area contributed by atoms with Crippen molar-refractivity contribution in [1.29, 1.82) is 0 Å². The van der Waals surface area contributed by atoms with Gasteiger partial charge in [0.1, 0.15) is 0 Å². The molecule has 0 saturated carbocycles. The number of nitrogens with zero attached hydrogens (tertiary/aromatic N) is 4. The van der Waals surface area contributed by atoms with Crippen LogP contribution in [-0.4, -0.2) is 26.9 Å². The summed E-state index contributed by atoms with van der Waals surface area (Å²) >= 11 is 0. The van der Waals surface area contributed by atoms with E-state index in [1.54, 1.807) is 6.20 Å². The zero-order valence-electron chi connectivity index (χ0n) is 10.3. The van der Waals surface area contributed by atoms with Crippen molar-refractivity contribution in [2.24, 2.45) is 0 Å². The van der Waals surface area contributed by atoms with Crippen molar-refractivity contribution in [3.05, 3.63) is 29.9 Å². The molecule has 0 radical (unpaired) electrons. The van der Waals surface area contributed by atoms with Crippen molar-refractivity contribution < 1.29 is 4.42 Å². The number of hydrogen-bond donors (Lipinski definition) is 2. The van der Waals surface area contributed by atoms with E-state index in [0.717, 1.165) is 18.7 Å². The smallest absolute Gasteiger partial charge is 0.315 e. The van der Waals surface area contributed by atoms with Crippen LogP contribution in [-0.2, 0) is 13.1 Å². The molecule has 0 amide bonds. The average Bonchev–Trinajstić information content (AvgIpc) is 2.86. The van der Waals surface area contributed by atoms with Gasteiger partial charge in [-0.15, -0.1) is 5.10 Å². The molecular formula is C11H16N6O. The summed E-state index contributed by atoms with van der Waals surface area (Å²) in [6, 6.07) is 4.10. The summed E-state index contributed by atoms with van der Waals surface area (Å²) in [6.07, 6.45) is 2.71. The van der Waals surface area contributed by atoms with Gasteiger partial charge >= 0.3 is 6.01 Å². The molecule has 0 fully saturated rings. The molecule has 0 atom stereocenters. The molecule has 2 heterocycles. The van der Waals surface area contributed by atoms with E-state index in [-0.39, 0.29) is 0 Å². The van der Waals surface area contributed by atoms with Crippen LogP contribution < -0.4 is 10.6 Å². The summed E-state index contributed by atoms with van der Waals surface area (Å²) in [5, 5.41) is 21.7. The summed E-state index contributed by atoms with van der Waals surface area (Å²) in [7, 11) is 0. The Labute approximate surface area is 105 Å². The average molecular weight is 248 g/mol. The molecule has 7 heteroatoms. The molecule has 18 heavy (non-hydrogen) atoms. The van der Waals surface area contributed by atoms with Gasteiger partial charge in [-0.3, -0.25) is 0 Å². The molecule has 0 aliphatic heterocycles. The SMILES string of the molecule is CCCNCc1nnc(NCc2cccnn2)o1. The minimum Gasteiger partial charge on any atom is -0.407 e. The maximum atomic E-state index is 5.41. The van der Waals surface area contributed by atoms with E-state index in [0.29, 0.717) is 25.0 Å². The molecule has 96 valence electrons. The highest BCUT2D eigenvalue weighted by Crippen LogP contribution is 2.06. The van der Waals surface area contributed by atoms with E-state index in [1.807, 2.05) is 12.1 Å². The van der Waals surface area contributed by atoms with Crippen LogP contribution in [0.15, 0.2) is 22.7 Å². The van der Waals surface area contributed by atoms with E-state index in [4.69, 9.17) is 4.42 Å². The maximum Gasteiger partial charge on any atom is 0.315 e. The first-order valence-electron chi connectivity index (χ1n) is 5.92. The Kier molecular flexibility index (Phi) is 4.60. The van der Waals surface area contributed by atoms with Gasteiger partial charge in [-0.2, -0.15) is 10.2 Å². The monoisotopic (exact) mass is 248 g/mol. The van der Waals surface area contributed by atoms with E-state index < -0.39 is 0 Å². The fraction of sp³-hybridized carbons (Fsp3) is 0.455. The maximum absolute atomic E-state index is 5.41. The zero-order valence-corrected chi connectivity index (χ0v) is 10.3. The molecule has 0 saturated heterocycles. The lowest BCUT2D eigenvalue weighted by molar-refractivity contribution is 0.476. The van der Waals surface area contributed by atoms with Gasteiger partial charge in [-0.1, -0.05) is 12.0 Å². The van der Waals surface area contributed by atoms with Gasteiger partial charge in [-0.25, -0.2) is 0 Å². The van der Waals surface area contributed by atoms with Gasteiger partial charge in [0, 0.05) is 6.20 Å². The van der Waals surface area contributed by atoms with Gasteiger partial charge in [0.25, 0.3) is 0 Å². The molecular weight excluding hydrogens is 232 g/mol. The Hall–Kier alpha value is -2.02. The lowest BCUT2D eigenvalue weighted by atomic mass is 10.4. The third-order valence-electron chi connectivity index (χ3n) is 2.22. The first kappa shape index (κ1) is 12.4. The van der Waals surface area contributed by atoms with Crippen LogP contribution >= 0.6 is 0 Å². The number of anilines is 1. The summed E-state index contributed by atoms with van der Waals surface area (Å²) < 4.78 is 5.41. The molecule has 2 aromatic rings. The minimum absolute atomic E-state index is 0.397. The van der Waals surface area contributed by atoms with Crippen molar-refractivity contribution in [3.63, 3.8) is 0 Å². The highest BCUT2D eigenvalue weighted by atomic mass is 16.4. The lowest BCUT2D eigenvalue weighted by Crippen LogP contribution is -2.13. The Morgan fingerprint density at radius 1 is 1.22 bits per heavy atom. The molecule has 0 unspecified atom stereocenters. The molecule has 0 bridgehead atoms. The van der Waals surface area contributed by atoms with Crippen LogP contribution in [0.5, 0.6) is 0 Å². The topological polar surface area (TPSA) is 88.8 Å². The zero-order chi connectivity index (χ0) is 12.6. The fourth-order valence-corrected chi connectivity index (χ4v) is 1.36. The minimum atomic E-state index is 0.397. The predicted octanol–water partition coefficient (Wildman–Crippen LogP) is 0.971. The molecule has 7 nitrogen and oxygen atoms in total. The van der Waals surface area contributed by atoms with E-state index >= 15 is 0 Å². The fourth-order valence-electron chi connectivity index (χ4n) is 1.36. The molecule has 0 aliphatic rings.